The molecule has 0 saturated heterocycles. The van der Waals surface area contributed by atoms with Gasteiger partial charge in [-0.2, -0.15) is 5.26 Å². The molecule has 0 unspecified atom stereocenters. The molecule has 4 nitrogen and oxygen atoms in total. The molecule has 2 aromatic rings. The molecule has 2 N–H and O–H groups in total. The topological polar surface area (TPSA) is 70.1 Å². The highest BCUT2D eigenvalue weighted by Crippen LogP contribution is 2.14. The number of benzene rings is 2. The van der Waals surface area contributed by atoms with Crippen LogP contribution in [-0.2, 0) is 6.54 Å². The minimum atomic E-state index is -0.439. The summed E-state index contributed by atoms with van der Waals surface area (Å²) in [5.41, 5.74) is 7.29. The highest BCUT2D eigenvalue weighted by molar-refractivity contribution is 5.94. The number of anilines is 1. The Morgan fingerprint density at radius 2 is 1.95 bits per heavy atom. The summed E-state index contributed by atoms with van der Waals surface area (Å²) < 4.78 is 13.7. The van der Waals surface area contributed by atoms with Crippen molar-refractivity contribution < 1.29 is 9.18 Å². The molecule has 21 heavy (non-hydrogen) atoms. The van der Waals surface area contributed by atoms with Crippen molar-refractivity contribution in [2.45, 2.75) is 6.54 Å². The number of halogens is 1. The fraction of sp³-hybridized carbons (Fsp3) is 0.125. The summed E-state index contributed by atoms with van der Waals surface area (Å²) in [5.74, 6) is -0.678. The van der Waals surface area contributed by atoms with Crippen molar-refractivity contribution in [1.29, 1.82) is 5.26 Å². The zero-order chi connectivity index (χ0) is 15.4. The van der Waals surface area contributed by atoms with Crippen LogP contribution in [0.15, 0.2) is 42.5 Å². The fourth-order valence-electron chi connectivity index (χ4n) is 1.94. The first-order valence-electron chi connectivity index (χ1n) is 6.31. The summed E-state index contributed by atoms with van der Waals surface area (Å²) in [6, 6.07) is 12.5. The Morgan fingerprint density at radius 3 is 2.57 bits per heavy atom. The molecule has 106 valence electrons. The number of hydrogen-bond acceptors (Lipinski definition) is 3. The van der Waals surface area contributed by atoms with E-state index >= 15 is 0 Å². The second kappa shape index (κ2) is 6.06. The molecule has 0 aliphatic heterocycles. The number of rotatable bonds is 3. The lowest BCUT2D eigenvalue weighted by molar-refractivity contribution is 0.0784. The maximum Gasteiger partial charge on any atom is 0.253 e. The number of nitrogens with two attached hydrogens (primary N) is 1. The second-order valence-corrected chi connectivity index (χ2v) is 4.70. The van der Waals surface area contributed by atoms with Gasteiger partial charge < -0.3 is 10.6 Å². The summed E-state index contributed by atoms with van der Waals surface area (Å²) in [7, 11) is 1.58. The van der Waals surface area contributed by atoms with Crippen molar-refractivity contribution in [2.24, 2.45) is 0 Å². The van der Waals surface area contributed by atoms with Crippen LogP contribution in [0.2, 0.25) is 0 Å². The Labute approximate surface area is 122 Å². The van der Waals surface area contributed by atoms with Crippen molar-refractivity contribution in [3.05, 3.63) is 65.0 Å². The van der Waals surface area contributed by atoms with Gasteiger partial charge in [0.25, 0.3) is 5.91 Å². The molecule has 0 aliphatic carbocycles. The number of carbonyl (C=O) groups is 1. The first-order valence-corrected chi connectivity index (χ1v) is 6.31. The van der Waals surface area contributed by atoms with Gasteiger partial charge in [0.1, 0.15) is 5.82 Å². The molecule has 1 amide bonds. The Hall–Kier alpha value is -2.87. The summed E-state index contributed by atoms with van der Waals surface area (Å²) in [6.45, 7) is 0.0879. The second-order valence-electron chi connectivity index (χ2n) is 4.70. The summed E-state index contributed by atoms with van der Waals surface area (Å²) >= 11 is 0. The summed E-state index contributed by atoms with van der Waals surface area (Å²) in [6.07, 6.45) is 0. The lowest BCUT2D eigenvalue weighted by atomic mass is 10.1. The minimum Gasteiger partial charge on any atom is -0.399 e. The molecule has 0 saturated carbocycles. The first kappa shape index (κ1) is 14.5. The van der Waals surface area contributed by atoms with Gasteiger partial charge in [0.15, 0.2) is 0 Å². The molecular weight excluding hydrogens is 269 g/mol. The van der Waals surface area contributed by atoms with Crippen molar-refractivity contribution in [3.8, 4) is 6.07 Å². The minimum absolute atomic E-state index is 0.0879. The molecule has 0 fully saturated rings. The third kappa shape index (κ3) is 3.37. The van der Waals surface area contributed by atoms with Crippen LogP contribution in [0, 0.1) is 17.1 Å². The van der Waals surface area contributed by atoms with Crippen molar-refractivity contribution >= 4 is 11.6 Å². The summed E-state index contributed by atoms with van der Waals surface area (Å²) in [4.78, 5) is 13.6. The van der Waals surface area contributed by atoms with Crippen molar-refractivity contribution in [1.82, 2.24) is 4.90 Å². The van der Waals surface area contributed by atoms with Gasteiger partial charge in [0.05, 0.1) is 11.6 Å². The quantitative estimate of drug-likeness (QED) is 0.880. The average Bonchev–Trinajstić information content (AvgIpc) is 2.49. The normalized spacial score (nSPS) is 9.95. The third-order valence-corrected chi connectivity index (χ3v) is 3.09. The predicted molar refractivity (Wildman–Crippen MR) is 77.8 cm³/mol. The van der Waals surface area contributed by atoms with E-state index in [0.717, 1.165) is 0 Å². The van der Waals surface area contributed by atoms with E-state index in [0.29, 0.717) is 22.4 Å². The lowest BCUT2D eigenvalue weighted by Gasteiger charge is -2.18. The van der Waals surface area contributed by atoms with Gasteiger partial charge >= 0.3 is 0 Å². The van der Waals surface area contributed by atoms with Crippen LogP contribution in [0.1, 0.15) is 21.5 Å². The Kier molecular flexibility index (Phi) is 4.19. The lowest BCUT2D eigenvalue weighted by Crippen LogP contribution is -2.26. The van der Waals surface area contributed by atoms with Gasteiger partial charge in [0.2, 0.25) is 0 Å². The van der Waals surface area contributed by atoms with Crippen LogP contribution < -0.4 is 5.73 Å². The van der Waals surface area contributed by atoms with Crippen LogP contribution in [0.25, 0.3) is 0 Å². The number of nitriles is 1. The Bertz CT molecular complexity index is 704. The molecule has 0 atom stereocenters. The maximum atomic E-state index is 13.7. The van der Waals surface area contributed by atoms with E-state index in [1.807, 2.05) is 6.07 Å². The zero-order valence-electron chi connectivity index (χ0n) is 11.5. The largest absolute Gasteiger partial charge is 0.399 e. The predicted octanol–water partition coefficient (Wildman–Crippen LogP) is 2.55. The SMILES string of the molecule is CN(Cc1cc(C#N)ccc1F)C(=O)c1ccc(N)cc1. The van der Waals surface area contributed by atoms with Gasteiger partial charge in [-0.25, -0.2) is 4.39 Å². The molecule has 0 bridgehead atoms. The molecule has 2 rings (SSSR count). The van der Waals surface area contributed by atoms with Crippen molar-refractivity contribution in [2.75, 3.05) is 12.8 Å². The van der Waals surface area contributed by atoms with E-state index in [-0.39, 0.29) is 12.5 Å². The maximum absolute atomic E-state index is 13.7. The molecule has 5 heteroatoms. The number of hydrogen-bond donors (Lipinski definition) is 1. The van der Waals surface area contributed by atoms with E-state index in [1.165, 1.54) is 23.1 Å². The van der Waals surface area contributed by atoms with Crippen LogP contribution in [0.4, 0.5) is 10.1 Å². The van der Waals surface area contributed by atoms with Crippen LogP contribution in [-0.4, -0.2) is 17.9 Å². The van der Waals surface area contributed by atoms with Crippen LogP contribution in [0.5, 0.6) is 0 Å². The van der Waals surface area contributed by atoms with E-state index < -0.39 is 5.82 Å². The van der Waals surface area contributed by atoms with Crippen molar-refractivity contribution in [3.63, 3.8) is 0 Å². The van der Waals surface area contributed by atoms with E-state index in [4.69, 9.17) is 11.0 Å². The molecule has 0 radical (unpaired) electrons. The van der Waals surface area contributed by atoms with Gasteiger partial charge in [-0.1, -0.05) is 0 Å². The fourth-order valence-corrected chi connectivity index (χ4v) is 1.94. The van der Waals surface area contributed by atoms with Gasteiger partial charge in [-0.05, 0) is 42.5 Å². The number of nitrogen functional groups attached to an aromatic ring is 1. The van der Waals surface area contributed by atoms with E-state index in [2.05, 4.69) is 0 Å². The average molecular weight is 283 g/mol. The summed E-state index contributed by atoms with van der Waals surface area (Å²) in [5, 5.41) is 8.84. The third-order valence-electron chi connectivity index (χ3n) is 3.09. The standard InChI is InChI=1S/C16H14FN3O/c1-20(16(21)12-3-5-14(19)6-4-12)10-13-8-11(9-18)2-7-15(13)17/h2-8H,10,19H2,1H3. The Balaban J connectivity index is 2.18. The highest BCUT2D eigenvalue weighted by atomic mass is 19.1. The van der Waals surface area contributed by atoms with E-state index in [1.54, 1.807) is 31.3 Å². The Morgan fingerprint density at radius 1 is 1.29 bits per heavy atom. The number of carbonyl (C=O) groups excluding carboxylic acids is 1. The smallest absolute Gasteiger partial charge is 0.253 e. The monoisotopic (exact) mass is 283 g/mol. The molecule has 0 heterocycles. The first-order chi connectivity index (χ1) is 10.0. The van der Waals surface area contributed by atoms with E-state index in [9.17, 15) is 9.18 Å². The van der Waals surface area contributed by atoms with Gasteiger partial charge in [-0.3, -0.25) is 4.79 Å². The number of amides is 1. The number of nitrogens with zero attached hydrogens (tertiary/aromatic N) is 2. The molecule has 2 aromatic carbocycles. The zero-order valence-corrected chi connectivity index (χ0v) is 11.5. The highest BCUT2D eigenvalue weighted by Gasteiger charge is 2.14. The molecule has 0 aliphatic rings. The molecule has 0 aromatic heterocycles. The molecule has 0 spiro atoms. The van der Waals surface area contributed by atoms with Gasteiger partial charge in [0, 0.05) is 30.4 Å². The van der Waals surface area contributed by atoms with Crippen LogP contribution >= 0.6 is 0 Å². The van der Waals surface area contributed by atoms with Gasteiger partial charge in [-0.15, -0.1) is 0 Å². The molecular formula is C16H14FN3O. The van der Waals surface area contributed by atoms with Crippen LogP contribution in [0.3, 0.4) is 0 Å².